The molecule has 0 saturated heterocycles. The van der Waals surface area contributed by atoms with E-state index in [9.17, 15) is 0 Å². The molecule has 0 atom stereocenters. The Morgan fingerprint density at radius 2 is 1.88 bits per heavy atom. The molecule has 0 amide bonds. The molecule has 2 nitrogen and oxygen atoms in total. The molecule has 16 heavy (non-hydrogen) atoms. The molecule has 1 aromatic heterocycles. The highest BCUT2D eigenvalue weighted by Crippen LogP contribution is 2.29. The average molecular weight is 214 g/mol. The van der Waals surface area contributed by atoms with Gasteiger partial charge in [-0.1, -0.05) is 0 Å². The summed E-state index contributed by atoms with van der Waals surface area (Å²) in [7, 11) is 0. The molecule has 1 aliphatic heterocycles. The maximum Gasteiger partial charge on any atom is 0.0712 e. The van der Waals surface area contributed by atoms with Crippen LogP contribution in [-0.2, 0) is 0 Å². The van der Waals surface area contributed by atoms with E-state index in [1.165, 1.54) is 28.1 Å². The fourth-order valence-electron chi connectivity index (χ4n) is 2.29. The molecular formula is C14H18N2. The second-order valence-electron chi connectivity index (χ2n) is 4.56. The van der Waals surface area contributed by atoms with Crippen LogP contribution in [0.25, 0.3) is 5.57 Å². The number of aromatic amines is 1. The molecule has 0 saturated carbocycles. The fraction of sp³-hybridized carbons (Fsp3) is 0.357. The average Bonchev–Trinajstić information content (AvgIpc) is 2.68. The van der Waals surface area contributed by atoms with Gasteiger partial charge in [0.2, 0.25) is 0 Å². The van der Waals surface area contributed by atoms with E-state index in [1.807, 2.05) is 6.92 Å². The quantitative estimate of drug-likeness (QED) is 0.737. The molecule has 2 heteroatoms. The first-order valence-electron chi connectivity index (χ1n) is 5.60. The number of nitrogens with zero attached hydrogens (tertiary/aromatic N) is 1. The summed E-state index contributed by atoms with van der Waals surface area (Å²) >= 11 is 0. The second-order valence-corrected chi connectivity index (χ2v) is 4.56. The van der Waals surface area contributed by atoms with E-state index in [-0.39, 0.29) is 0 Å². The molecule has 1 aliphatic rings. The lowest BCUT2D eigenvalue weighted by Crippen LogP contribution is -1.89. The molecule has 0 aliphatic carbocycles. The highest BCUT2D eigenvalue weighted by molar-refractivity contribution is 5.99. The van der Waals surface area contributed by atoms with Gasteiger partial charge in [-0.3, -0.25) is 4.99 Å². The van der Waals surface area contributed by atoms with Gasteiger partial charge in [-0.25, -0.2) is 0 Å². The number of hydrogen-bond donors (Lipinski definition) is 1. The molecule has 2 rings (SSSR count). The third kappa shape index (κ3) is 1.75. The fourth-order valence-corrected chi connectivity index (χ4v) is 2.29. The summed E-state index contributed by atoms with van der Waals surface area (Å²) in [6.45, 7) is 10.5. The van der Waals surface area contributed by atoms with Crippen molar-refractivity contribution in [1.82, 2.24) is 4.98 Å². The molecule has 1 N–H and O–H groups in total. The van der Waals surface area contributed by atoms with Gasteiger partial charge in [-0.05, 0) is 63.5 Å². The Morgan fingerprint density at radius 3 is 2.31 bits per heavy atom. The van der Waals surface area contributed by atoms with Crippen LogP contribution in [0.15, 0.2) is 28.4 Å². The van der Waals surface area contributed by atoms with Crippen molar-refractivity contribution in [2.45, 2.75) is 34.6 Å². The predicted octanol–water partition coefficient (Wildman–Crippen LogP) is 3.78. The molecule has 0 bridgehead atoms. The van der Waals surface area contributed by atoms with E-state index in [2.05, 4.69) is 49.8 Å². The van der Waals surface area contributed by atoms with Crippen molar-refractivity contribution in [3.05, 3.63) is 40.4 Å². The highest BCUT2D eigenvalue weighted by atomic mass is 14.8. The molecule has 0 spiro atoms. The van der Waals surface area contributed by atoms with Crippen molar-refractivity contribution in [3.63, 3.8) is 0 Å². The molecular weight excluding hydrogens is 196 g/mol. The van der Waals surface area contributed by atoms with Gasteiger partial charge in [0.1, 0.15) is 0 Å². The lowest BCUT2D eigenvalue weighted by atomic mass is 10.1. The largest absolute Gasteiger partial charge is 0.359 e. The molecule has 0 fully saturated rings. The van der Waals surface area contributed by atoms with E-state index >= 15 is 0 Å². The standard InChI is InChI=1S/C14H18N2/c1-8-6-10(3)15-13(8)12(5)14-9(2)7-11(4)16-14/h6-7,15H,1-5H3. The van der Waals surface area contributed by atoms with Gasteiger partial charge in [0, 0.05) is 17.1 Å². The Kier molecular flexibility index (Phi) is 2.58. The maximum absolute atomic E-state index is 4.58. The molecule has 2 heterocycles. The van der Waals surface area contributed by atoms with E-state index in [1.54, 1.807) is 0 Å². The first-order valence-corrected chi connectivity index (χ1v) is 5.60. The van der Waals surface area contributed by atoms with Gasteiger partial charge >= 0.3 is 0 Å². The lowest BCUT2D eigenvalue weighted by Gasteiger charge is -2.05. The Balaban J connectivity index is 2.54. The minimum Gasteiger partial charge on any atom is -0.359 e. The summed E-state index contributed by atoms with van der Waals surface area (Å²) in [6.07, 6.45) is 2.13. The molecule has 1 aromatic rings. The van der Waals surface area contributed by atoms with Crippen LogP contribution in [-0.4, -0.2) is 10.7 Å². The zero-order valence-electron chi connectivity index (χ0n) is 10.6. The smallest absolute Gasteiger partial charge is 0.0712 e. The number of nitrogens with one attached hydrogen (secondary N) is 1. The number of H-pyrrole nitrogens is 1. The molecule has 84 valence electrons. The van der Waals surface area contributed by atoms with E-state index in [0.717, 1.165) is 11.4 Å². The van der Waals surface area contributed by atoms with Crippen LogP contribution in [0.1, 0.15) is 37.7 Å². The normalized spacial score (nSPS) is 18.6. The van der Waals surface area contributed by atoms with Crippen molar-refractivity contribution in [2.75, 3.05) is 0 Å². The Hall–Kier alpha value is -1.57. The van der Waals surface area contributed by atoms with Crippen molar-refractivity contribution in [1.29, 1.82) is 0 Å². The van der Waals surface area contributed by atoms with Crippen LogP contribution in [0.4, 0.5) is 0 Å². The van der Waals surface area contributed by atoms with Gasteiger partial charge in [-0.15, -0.1) is 0 Å². The van der Waals surface area contributed by atoms with Gasteiger partial charge < -0.3 is 4.98 Å². The highest BCUT2D eigenvalue weighted by Gasteiger charge is 2.14. The summed E-state index contributed by atoms with van der Waals surface area (Å²) in [5, 5.41) is 0. The number of allylic oxidation sites excluding steroid dienone is 3. The first-order chi connectivity index (χ1) is 7.49. The summed E-state index contributed by atoms with van der Waals surface area (Å²) in [6, 6.07) is 2.17. The lowest BCUT2D eigenvalue weighted by molar-refractivity contribution is 1.20. The molecule has 0 unspecified atom stereocenters. The number of aliphatic imine (C=N–C) groups is 1. The number of hydrogen-bond acceptors (Lipinski definition) is 1. The van der Waals surface area contributed by atoms with Crippen LogP contribution in [0.3, 0.4) is 0 Å². The van der Waals surface area contributed by atoms with E-state index in [0.29, 0.717) is 0 Å². The zero-order chi connectivity index (χ0) is 11.9. The number of aromatic nitrogens is 1. The van der Waals surface area contributed by atoms with Crippen molar-refractivity contribution < 1.29 is 0 Å². The van der Waals surface area contributed by atoms with Gasteiger partial charge in [-0.2, -0.15) is 0 Å². The third-order valence-corrected chi connectivity index (χ3v) is 2.97. The van der Waals surface area contributed by atoms with E-state index in [4.69, 9.17) is 0 Å². The predicted molar refractivity (Wildman–Crippen MR) is 69.7 cm³/mol. The minimum absolute atomic E-state index is 1.09. The first kappa shape index (κ1) is 10.9. The third-order valence-electron chi connectivity index (χ3n) is 2.97. The Bertz CT molecular complexity index is 525. The number of rotatable bonds is 1. The summed E-state index contributed by atoms with van der Waals surface area (Å²) in [5.74, 6) is 0. The summed E-state index contributed by atoms with van der Waals surface area (Å²) in [5.41, 5.74) is 8.38. The zero-order valence-corrected chi connectivity index (χ0v) is 10.6. The molecule has 0 radical (unpaired) electrons. The Morgan fingerprint density at radius 1 is 1.19 bits per heavy atom. The number of aryl methyl sites for hydroxylation is 2. The maximum atomic E-state index is 4.58. The van der Waals surface area contributed by atoms with Gasteiger partial charge in [0.05, 0.1) is 5.70 Å². The van der Waals surface area contributed by atoms with Crippen LogP contribution in [0, 0.1) is 13.8 Å². The van der Waals surface area contributed by atoms with Crippen LogP contribution < -0.4 is 0 Å². The SMILES string of the molecule is CC1=CC(C)=NC1=C(C)c1[nH]c(C)cc1C. The van der Waals surface area contributed by atoms with Crippen molar-refractivity contribution in [2.24, 2.45) is 4.99 Å². The summed E-state index contributed by atoms with van der Waals surface area (Å²) < 4.78 is 0. The Labute approximate surface area is 96.8 Å². The monoisotopic (exact) mass is 214 g/mol. The van der Waals surface area contributed by atoms with Crippen molar-refractivity contribution >= 4 is 11.3 Å². The van der Waals surface area contributed by atoms with Crippen LogP contribution in [0.2, 0.25) is 0 Å². The second kappa shape index (κ2) is 3.78. The van der Waals surface area contributed by atoms with E-state index < -0.39 is 0 Å². The van der Waals surface area contributed by atoms with Crippen LogP contribution >= 0.6 is 0 Å². The minimum atomic E-state index is 1.09. The molecule has 0 aromatic carbocycles. The van der Waals surface area contributed by atoms with Gasteiger partial charge in [0.25, 0.3) is 0 Å². The van der Waals surface area contributed by atoms with Gasteiger partial charge in [0.15, 0.2) is 0 Å². The topological polar surface area (TPSA) is 28.1 Å². The summed E-state index contributed by atoms with van der Waals surface area (Å²) in [4.78, 5) is 7.98. The van der Waals surface area contributed by atoms with Crippen molar-refractivity contribution in [3.8, 4) is 0 Å². The van der Waals surface area contributed by atoms with Crippen LogP contribution in [0.5, 0.6) is 0 Å².